The van der Waals surface area contributed by atoms with Crippen LogP contribution in [0.2, 0.25) is 0 Å². The molecular formula is C18H17N3O4. The van der Waals surface area contributed by atoms with Gasteiger partial charge in [-0.15, -0.1) is 0 Å². The molecule has 0 aliphatic carbocycles. The smallest absolute Gasteiger partial charge is 0.255 e. The van der Waals surface area contributed by atoms with Crippen LogP contribution in [0.4, 0.5) is 5.69 Å². The molecular weight excluding hydrogens is 322 g/mol. The third-order valence-corrected chi connectivity index (χ3v) is 4.62. The predicted octanol–water partition coefficient (Wildman–Crippen LogP) is 1.65. The van der Waals surface area contributed by atoms with Crippen molar-refractivity contribution in [3.8, 4) is 0 Å². The number of amides is 3. The first-order valence-corrected chi connectivity index (χ1v) is 8.16. The van der Waals surface area contributed by atoms with Crippen LogP contribution in [-0.4, -0.2) is 28.7 Å². The van der Waals surface area contributed by atoms with E-state index < -0.39 is 11.9 Å². The fourth-order valence-corrected chi connectivity index (χ4v) is 3.35. The standard InChI is InChI=1S/C18H17N3O4/c22-16-7-6-15(17(23)20-16)21-10-13-12(18(21)24)4-1-5-14(13)19-9-11-3-2-8-25-11/h1-5,8,15,19H,6-7,9-10H2,(H,20,22,23)/t15-/m0/s1. The molecule has 1 atom stereocenters. The highest BCUT2D eigenvalue weighted by molar-refractivity contribution is 6.06. The van der Waals surface area contributed by atoms with Crippen LogP contribution in [0.25, 0.3) is 0 Å². The summed E-state index contributed by atoms with van der Waals surface area (Å²) >= 11 is 0. The number of fused-ring (bicyclic) bond motifs is 1. The van der Waals surface area contributed by atoms with E-state index >= 15 is 0 Å². The van der Waals surface area contributed by atoms with Gasteiger partial charge in [0.2, 0.25) is 11.8 Å². The largest absolute Gasteiger partial charge is 0.467 e. The van der Waals surface area contributed by atoms with E-state index in [1.54, 1.807) is 17.2 Å². The topological polar surface area (TPSA) is 91.7 Å². The fraction of sp³-hybridized carbons (Fsp3) is 0.278. The van der Waals surface area contributed by atoms with Crippen molar-refractivity contribution in [2.75, 3.05) is 5.32 Å². The van der Waals surface area contributed by atoms with Crippen LogP contribution in [0.5, 0.6) is 0 Å². The van der Waals surface area contributed by atoms with Gasteiger partial charge in [-0.25, -0.2) is 0 Å². The van der Waals surface area contributed by atoms with Crippen molar-refractivity contribution in [2.45, 2.75) is 32.0 Å². The maximum absolute atomic E-state index is 12.7. The molecule has 2 aliphatic rings. The second kappa shape index (κ2) is 6.08. The van der Waals surface area contributed by atoms with E-state index in [0.717, 1.165) is 17.0 Å². The van der Waals surface area contributed by atoms with Crippen LogP contribution < -0.4 is 10.6 Å². The van der Waals surface area contributed by atoms with Crippen molar-refractivity contribution >= 4 is 23.4 Å². The van der Waals surface area contributed by atoms with Crippen molar-refractivity contribution in [3.63, 3.8) is 0 Å². The lowest BCUT2D eigenvalue weighted by atomic mass is 10.0. The van der Waals surface area contributed by atoms with Gasteiger partial charge in [-0.3, -0.25) is 19.7 Å². The Kier molecular flexibility index (Phi) is 3.76. The van der Waals surface area contributed by atoms with Crippen molar-refractivity contribution in [1.82, 2.24) is 10.2 Å². The molecule has 25 heavy (non-hydrogen) atoms. The highest BCUT2D eigenvalue weighted by Gasteiger charge is 2.39. The first-order chi connectivity index (χ1) is 12.1. The Balaban J connectivity index is 1.55. The molecule has 7 nitrogen and oxygen atoms in total. The van der Waals surface area contributed by atoms with Gasteiger partial charge in [0.1, 0.15) is 11.8 Å². The van der Waals surface area contributed by atoms with Crippen LogP contribution >= 0.6 is 0 Å². The predicted molar refractivity (Wildman–Crippen MR) is 88.5 cm³/mol. The number of imide groups is 1. The summed E-state index contributed by atoms with van der Waals surface area (Å²) in [5.74, 6) is -0.0659. The van der Waals surface area contributed by atoms with E-state index in [4.69, 9.17) is 4.42 Å². The number of piperidine rings is 1. The summed E-state index contributed by atoms with van der Waals surface area (Å²) in [6, 6.07) is 8.58. The van der Waals surface area contributed by atoms with E-state index in [1.165, 1.54) is 0 Å². The van der Waals surface area contributed by atoms with E-state index in [1.807, 2.05) is 24.3 Å². The zero-order valence-corrected chi connectivity index (χ0v) is 13.5. The number of benzene rings is 1. The van der Waals surface area contributed by atoms with Crippen LogP contribution in [0.1, 0.15) is 34.5 Å². The molecule has 0 saturated carbocycles. The summed E-state index contributed by atoms with van der Waals surface area (Å²) in [5, 5.41) is 5.59. The van der Waals surface area contributed by atoms with Gasteiger partial charge >= 0.3 is 0 Å². The van der Waals surface area contributed by atoms with E-state index in [2.05, 4.69) is 10.6 Å². The average Bonchev–Trinajstić information content (AvgIpc) is 3.22. The van der Waals surface area contributed by atoms with Crippen LogP contribution in [-0.2, 0) is 22.7 Å². The third kappa shape index (κ3) is 2.77. The molecule has 128 valence electrons. The lowest BCUT2D eigenvalue weighted by Crippen LogP contribution is -2.52. The normalized spacial score (nSPS) is 19.8. The van der Waals surface area contributed by atoms with Gasteiger partial charge in [-0.05, 0) is 30.7 Å². The molecule has 2 aromatic rings. The first kappa shape index (κ1) is 15.4. The Hall–Kier alpha value is -3.09. The first-order valence-electron chi connectivity index (χ1n) is 8.16. The highest BCUT2D eigenvalue weighted by atomic mass is 16.3. The van der Waals surface area contributed by atoms with Crippen molar-refractivity contribution in [2.24, 2.45) is 0 Å². The van der Waals surface area contributed by atoms with Crippen molar-refractivity contribution in [1.29, 1.82) is 0 Å². The maximum Gasteiger partial charge on any atom is 0.255 e. The monoisotopic (exact) mass is 339 g/mol. The number of carbonyl (C=O) groups is 3. The molecule has 2 aliphatic heterocycles. The minimum atomic E-state index is -0.601. The maximum atomic E-state index is 12.7. The summed E-state index contributed by atoms with van der Waals surface area (Å²) < 4.78 is 5.31. The zero-order chi connectivity index (χ0) is 17.4. The Bertz CT molecular complexity index is 844. The lowest BCUT2D eigenvalue weighted by molar-refractivity contribution is -0.136. The molecule has 0 bridgehead atoms. The molecule has 1 fully saturated rings. The second-order valence-corrected chi connectivity index (χ2v) is 6.16. The number of anilines is 1. The van der Waals surface area contributed by atoms with Crippen LogP contribution in [0.15, 0.2) is 41.0 Å². The summed E-state index contributed by atoms with van der Waals surface area (Å²) in [6.07, 6.45) is 2.22. The quantitative estimate of drug-likeness (QED) is 0.827. The van der Waals surface area contributed by atoms with Gasteiger partial charge < -0.3 is 14.6 Å². The van der Waals surface area contributed by atoms with Gasteiger partial charge in [0, 0.05) is 29.8 Å². The second-order valence-electron chi connectivity index (χ2n) is 6.16. The number of hydrogen-bond acceptors (Lipinski definition) is 5. The fourth-order valence-electron chi connectivity index (χ4n) is 3.35. The Morgan fingerprint density at radius 2 is 2.08 bits per heavy atom. The molecule has 0 radical (unpaired) electrons. The van der Waals surface area contributed by atoms with E-state index in [9.17, 15) is 14.4 Å². The minimum Gasteiger partial charge on any atom is -0.467 e. The highest BCUT2D eigenvalue weighted by Crippen LogP contribution is 2.32. The Labute approximate surface area is 144 Å². The molecule has 1 saturated heterocycles. The molecule has 1 aromatic heterocycles. The van der Waals surface area contributed by atoms with Gasteiger partial charge in [-0.2, -0.15) is 0 Å². The number of furan rings is 1. The van der Waals surface area contributed by atoms with Crippen LogP contribution in [0, 0.1) is 0 Å². The molecule has 4 rings (SSSR count). The number of hydrogen-bond donors (Lipinski definition) is 2. The van der Waals surface area contributed by atoms with E-state index in [-0.39, 0.29) is 18.2 Å². The Morgan fingerprint density at radius 1 is 1.20 bits per heavy atom. The van der Waals surface area contributed by atoms with Crippen molar-refractivity contribution < 1.29 is 18.8 Å². The zero-order valence-electron chi connectivity index (χ0n) is 13.5. The summed E-state index contributed by atoms with van der Waals surface area (Å²) in [5.41, 5.74) is 2.30. The SMILES string of the molecule is O=C1CC[C@H](N2Cc3c(NCc4ccco4)cccc3C2=O)C(=O)N1. The summed E-state index contributed by atoms with van der Waals surface area (Å²) in [6.45, 7) is 0.859. The van der Waals surface area contributed by atoms with Crippen molar-refractivity contribution in [3.05, 3.63) is 53.5 Å². The number of carbonyl (C=O) groups excluding carboxylic acids is 3. The number of nitrogens with one attached hydrogen (secondary N) is 2. The van der Waals surface area contributed by atoms with Gasteiger partial charge in [0.25, 0.3) is 5.91 Å². The van der Waals surface area contributed by atoms with Gasteiger partial charge in [0.15, 0.2) is 0 Å². The minimum absolute atomic E-state index is 0.175. The number of nitrogens with zero attached hydrogens (tertiary/aromatic N) is 1. The molecule has 0 unspecified atom stereocenters. The molecule has 0 spiro atoms. The lowest BCUT2D eigenvalue weighted by Gasteiger charge is -2.29. The molecule has 3 heterocycles. The Morgan fingerprint density at radius 3 is 2.84 bits per heavy atom. The molecule has 7 heteroatoms. The van der Waals surface area contributed by atoms with Crippen LogP contribution in [0.3, 0.4) is 0 Å². The molecule has 2 N–H and O–H groups in total. The van der Waals surface area contributed by atoms with E-state index in [0.29, 0.717) is 25.1 Å². The molecule has 3 amide bonds. The third-order valence-electron chi connectivity index (χ3n) is 4.62. The van der Waals surface area contributed by atoms with Gasteiger partial charge in [-0.1, -0.05) is 6.07 Å². The average molecular weight is 339 g/mol. The summed E-state index contributed by atoms with van der Waals surface area (Å²) in [4.78, 5) is 37.7. The summed E-state index contributed by atoms with van der Waals surface area (Å²) in [7, 11) is 0. The molecule has 1 aromatic carbocycles. The van der Waals surface area contributed by atoms with Gasteiger partial charge in [0.05, 0.1) is 12.8 Å². The number of rotatable bonds is 4.